The van der Waals surface area contributed by atoms with Crippen molar-refractivity contribution in [1.82, 2.24) is 4.90 Å². The van der Waals surface area contributed by atoms with Crippen molar-refractivity contribution < 1.29 is 9.53 Å². The summed E-state index contributed by atoms with van der Waals surface area (Å²) in [6, 6.07) is 0.468. The molecule has 3 heteroatoms. The van der Waals surface area contributed by atoms with Crippen LogP contribution < -0.4 is 0 Å². The lowest BCUT2D eigenvalue weighted by Crippen LogP contribution is -2.43. The van der Waals surface area contributed by atoms with Crippen LogP contribution in [0.4, 0.5) is 0 Å². The molecule has 0 unspecified atom stereocenters. The third-order valence-electron chi connectivity index (χ3n) is 3.08. The second-order valence-corrected chi connectivity index (χ2v) is 5.02. The van der Waals surface area contributed by atoms with Gasteiger partial charge in [-0.2, -0.15) is 0 Å². The Hall–Kier alpha value is -0.570. The van der Waals surface area contributed by atoms with E-state index in [-0.39, 0.29) is 12.5 Å². The lowest BCUT2D eigenvalue weighted by Gasteiger charge is -2.30. The summed E-state index contributed by atoms with van der Waals surface area (Å²) in [5.74, 6) is 0.702. The van der Waals surface area contributed by atoms with Crippen LogP contribution in [0.2, 0.25) is 0 Å². The van der Waals surface area contributed by atoms with Crippen molar-refractivity contribution >= 4 is 5.91 Å². The lowest BCUT2D eigenvalue weighted by molar-refractivity contribution is -0.138. The van der Waals surface area contributed by atoms with Crippen molar-refractivity contribution in [2.45, 2.75) is 52.5 Å². The lowest BCUT2D eigenvalue weighted by atomic mass is 10.1. The fourth-order valence-electron chi connectivity index (χ4n) is 2.34. The highest BCUT2D eigenvalue weighted by atomic mass is 16.5. The van der Waals surface area contributed by atoms with Crippen molar-refractivity contribution in [2.24, 2.45) is 5.92 Å². The van der Waals surface area contributed by atoms with E-state index in [9.17, 15) is 4.79 Å². The van der Waals surface area contributed by atoms with Gasteiger partial charge in [-0.1, -0.05) is 26.7 Å². The van der Waals surface area contributed by atoms with E-state index in [0.29, 0.717) is 18.6 Å². The molecule has 94 valence electrons. The number of hydrogen-bond acceptors (Lipinski definition) is 2. The highest BCUT2D eigenvalue weighted by Crippen LogP contribution is 2.24. The normalized spacial score (nSPS) is 17.0. The first-order chi connectivity index (χ1) is 7.65. The maximum absolute atomic E-state index is 12.0. The summed E-state index contributed by atoms with van der Waals surface area (Å²) in [4.78, 5) is 14.1. The summed E-state index contributed by atoms with van der Waals surface area (Å²) in [5, 5.41) is 0. The minimum Gasteiger partial charge on any atom is -0.372 e. The fraction of sp³-hybridized carbons (Fsp3) is 0.923. The van der Waals surface area contributed by atoms with Gasteiger partial charge < -0.3 is 9.64 Å². The molecule has 1 saturated carbocycles. The van der Waals surface area contributed by atoms with Gasteiger partial charge in [-0.15, -0.1) is 0 Å². The van der Waals surface area contributed by atoms with Crippen LogP contribution >= 0.6 is 0 Å². The summed E-state index contributed by atoms with van der Waals surface area (Å²) in [6.45, 7) is 7.99. The van der Waals surface area contributed by atoms with E-state index in [1.54, 1.807) is 0 Å². The third-order valence-corrected chi connectivity index (χ3v) is 3.08. The Morgan fingerprint density at radius 2 is 2.00 bits per heavy atom. The number of carbonyl (C=O) groups excluding carboxylic acids is 1. The van der Waals surface area contributed by atoms with E-state index >= 15 is 0 Å². The summed E-state index contributed by atoms with van der Waals surface area (Å²) in [7, 11) is 0. The zero-order valence-electron chi connectivity index (χ0n) is 10.9. The van der Waals surface area contributed by atoms with Gasteiger partial charge in [0.1, 0.15) is 6.61 Å². The van der Waals surface area contributed by atoms with Crippen LogP contribution in [0.25, 0.3) is 0 Å². The Morgan fingerprint density at radius 1 is 1.38 bits per heavy atom. The summed E-state index contributed by atoms with van der Waals surface area (Å²) in [6.07, 6.45) is 4.87. The third kappa shape index (κ3) is 4.12. The molecule has 0 bridgehead atoms. The molecule has 1 rings (SSSR count). The molecule has 0 saturated heterocycles. The van der Waals surface area contributed by atoms with Crippen LogP contribution in [0.15, 0.2) is 0 Å². The minimum absolute atomic E-state index is 0.169. The van der Waals surface area contributed by atoms with Crippen LogP contribution in [-0.2, 0) is 9.53 Å². The molecule has 0 radical (unpaired) electrons. The Morgan fingerprint density at radius 3 is 2.50 bits per heavy atom. The molecule has 0 aromatic rings. The van der Waals surface area contributed by atoms with Gasteiger partial charge in [-0.3, -0.25) is 4.79 Å². The standard InChI is InChI=1S/C13H25NO2/c1-4-16-10-13(15)14(9-11(2)3)12-7-5-6-8-12/h11-12H,4-10H2,1-3H3. The molecule has 1 amide bonds. The van der Waals surface area contributed by atoms with Crippen molar-refractivity contribution in [3.63, 3.8) is 0 Å². The van der Waals surface area contributed by atoms with Gasteiger partial charge in [-0.05, 0) is 25.7 Å². The molecule has 16 heavy (non-hydrogen) atoms. The quantitative estimate of drug-likeness (QED) is 0.697. The van der Waals surface area contributed by atoms with E-state index < -0.39 is 0 Å². The molecule has 0 heterocycles. The molecule has 0 N–H and O–H groups in total. The second-order valence-electron chi connectivity index (χ2n) is 5.02. The molecule has 0 spiro atoms. The van der Waals surface area contributed by atoms with Gasteiger partial charge >= 0.3 is 0 Å². The smallest absolute Gasteiger partial charge is 0.248 e. The molecule has 0 aromatic heterocycles. The summed E-state index contributed by atoms with van der Waals surface area (Å²) < 4.78 is 5.23. The molecular weight excluding hydrogens is 202 g/mol. The first-order valence-corrected chi connectivity index (χ1v) is 6.52. The highest BCUT2D eigenvalue weighted by molar-refractivity contribution is 5.77. The zero-order chi connectivity index (χ0) is 12.0. The Balaban J connectivity index is 2.51. The van der Waals surface area contributed by atoms with Crippen LogP contribution in [0.5, 0.6) is 0 Å². The zero-order valence-corrected chi connectivity index (χ0v) is 10.9. The first kappa shape index (κ1) is 13.5. The molecule has 0 atom stereocenters. The average Bonchev–Trinajstić information content (AvgIpc) is 2.75. The van der Waals surface area contributed by atoms with Gasteiger partial charge in [0.05, 0.1) is 0 Å². The maximum atomic E-state index is 12.0. The highest BCUT2D eigenvalue weighted by Gasteiger charge is 2.26. The molecule has 1 aliphatic rings. The Bertz CT molecular complexity index is 210. The number of amides is 1. The summed E-state index contributed by atoms with van der Waals surface area (Å²) >= 11 is 0. The molecule has 1 fully saturated rings. The SMILES string of the molecule is CCOCC(=O)N(CC(C)C)C1CCCC1. The van der Waals surface area contributed by atoms with Gasteiger partial charge in [0.15, 0.2) is 0 Å². The number of nitrogens with zero attached hydrogens (tertiary/aromatic N) is 1. The molecule has 1 aliphatic carbocycles. The van der Waals surface area contributed by atoms with E-state index in [2.05, 4.69) is 13.8 Å². The van der Waals surface area contributed by atoms with Gasteiger partial charge in [0.2, 0.25) is 5.91 Å². The van der Waals surface area contributed by atoms with E-state index in [1.807, 2.05) is 11.8 Å². The van der Waals surface area contributed by atoms with Gasteiger partial charge in [-0.25, -0.2) is 0 Å². The second kappa shape index (κ2) is 6.89. The van der Waals surface area contributed by atoms with E-state index in [1.165, 1.54) is 25.7 Å². The number of carbonyl (C=O) groups is 1. The predicted octanol–water partition coefficient (Wildman–Crippen LogP) is 2.45. The molecule has 3 nitrogen and oxygen atoms in total. The Labute approximate surface area is 99.1 Å². The van der Waals surface area contributed by atoms with Crippen molar-refractivity contribution in [1.29, 1.82) is 0 Å². The molecule has 0 aromatic carbocycles. The van der Waals surface area contributed by atoms with Crippen molar-refractivity contribution in [2.75, 3.05) is 19.8 Å². The van der Waals surface area contributed by atoms with E-state index in [0.717, 1.165) is 6.54 Å². The number of rotatable bonds is 6. The summed E-state index contributed by atoms with van der Waals surface area (Å²) in [5.41, 5.74) is 0. The van der Waals surface area contributed by atoms with E-state index in [4.69, 9.17) is 4.74 Å². The average molecular weight is 227 g/mol. The van der Waals surface area contributed by atoms with Crippen LogP contribution in [0.1, 0.15) is 46.5 Å². The van der Waals surface area contributed by atoms with Crippen molar-refractivity contribution in [3.05, 3.63) is 0 Å². The Kier molecular flexibility index (Phi) is 5.81. The largest absolute Gasteiger partial charge is 0.372 e. The molecular formula is C13H25NO2. The maximum Gasteiger partial charge on any atom is 0.248 e. The number of ether oxygens (including phenoxy) is 1. The topological polar surface area (TPSA) is 29.5 Å². The minimum atomic E-state index is 0.169. The monoisotopic (exact) mass is 227 g/mol. The van der Waals surface area contributed by atoms with Gasteiger partial charge in [0, 0.05) is 19.2 Å². The van der Waals surface area contributed by atoms with Gasteiger partial charge in [0.25, 0.3) is 0 Å². The van der Waals surface area contributed by atoms with Crippen molar-refractivity contribution in [3.8, 4) is 0 Å². The fourth-order valence-corrected chi connectivity index (χ4v) is 2.34. The predicted molar refractivity (Wildman–Crippen MR) is 65.3 cm³/mol. The van der Waals surface area contributed by atoms with Crippen LogP contribution in [-0.4, -0.2) is 36.6 Å². The van der Waals surface area contributed by atoms with Crippen LogP contribution in [0, 0.1) is 5.92 Å². The van der Waals surface area contributed by atoms with Crippen LogP contribution in [0.3, 0.4) is 0 Å². The number of hydrogen-bond donors (Lipinski definition) is 0. The molecule has 0 aliphatic heterocycles. The first-order valence-electron chi connectivity index (χ1n) is 6.52.